The van der Waals surface area contributed by atoms with Crippen LogP contribution in [-0.4, -0.2) is 66.0 Å². The lowest BCUT2D eigenvalue weighted by atomic mass is 10.2. The van der Waals surface area contributed by atoms with Crippen LogP contribution in [0.25, 0.3) is 0 Å². The van der Waals surface area contributed by atoms with E-state index in [2.05, 4.69) is 5.32 Å². The molecule has 22 heavy (non-hydrogen) atoms. The molecule has 0 spiro atoms. The fourth-order valence-electron chi connectivity index (χ4n) is 2.21. The maximum Gasteiger partial charge on any atom is 0.318 e. The molecule has 0 unspecified atom stereocenters. The predicted molar refractivity (Wildman–Crippen MR) is 82.3 cm³/mol. The standard InChI is InChI=1S/C15H27N3O4/c1-10(2)22-14(20)7-6-11(3)16-15(21)18-8-12(4)17(5)13(19)9-18/h10-12H,6-9H2,1-5H3,(H,16,21)/t11-,12-/m1/s1. The summed E-state index contributed by atoms with van der Waals surface area (Å²) < 4.78 is 5.05. The number of piperazine rings is 1. The lowest BCUT2D eigenvalue weighted by Crippen LogP contribution is -2.58. The van der Waals surface area contributed by atoms with E-state index in [0.717, 1.165) is 0 Å². The number of amides is 3. The number of hydrogen-bond donors (Lipinski definition) is 1. The Morgan fingerprint density at radius 1 is 1.36 bits per heavy atom. The number of likely N-dealkylation sites (N-methyl/N-ethyl adjacent to an activating group) is 1. The molecule has 2 atom stereocenters. The molecule has 0 saturated carbocycles. The topological polar surface area (TPSA) is 79.0 Å². The first-order valence-electron chi connectivity index (χ1n) is 7.71. The highest BCUT2D eigenvalue weighted by Gasteiger charge is 2.30. The van der Waals surface area contributed by atoms with Crippen LogP contribution in [-0.2, 0) is 14.3 Å². The SMILES string of the molecule is CC(C)OC(=O)CC[C@@H](C)NC(=O)N1CC(=O)N(C)[C@H](C)C1. The molecule has 1 heterocycles. The van der Waals surface area contributed by atoms with E-state index in [0.29, 0.717) is 13.0 Å². The highest BCUT2D eigenvalue weighted by atomic mass is 16.5. The molecule has 3 amide bonds. The van der Waals surface area contributed by atoms with Crippen LogP contribution in [0.3, 0.4) is 0 Å². The van der Waals surface area contributed by atoms with Crippen LogP contribution in [0, 0.1) is 0 Å². The second kappa shape index (κ2) is 8.00. The van der Waals surface area contributed by atoms with Crippen molar-refractivity contribution in [1.29, 1.82) is 0 Å². The Morgan fingerprint density at radius 2 is 2.00 bits per heavy atom. The van der Waals surface area contributed by atoms with Gasteiger partial charge in [0.2, 0.25) is 5.91 Å². The largest absolute Gasteiger partial charge is 0.463 e. The van der Waals surface area contributed by atoms with Gasteiger partial charge in [-0.3, -0.25) is 9.59 Å². The van der Waals surface area contributed by atoms with Gasteiger partial charge in [-0.15, -0.1) is 0 Å². The first-order chi connectivity index (χ1) is 10.2. The molecule has 7 heteroatoms. The molecular formula is C15H27N3O4. The van der Waals surface area contributed by atoms with Crippen molar-refractivity contribution in [3.05, 3.63) is 0 Å². The van der Waals surface area contributed by atoms with E-state index in [1.807, 2.05) is 13.8 Å². The molecule has 126 valence electrons. The number of ether oxygens (including phenoxy) is 1. The second-order valence-corrected chi connectivity index (χ2v) is 6.16. The zero-order chi connectivity index (χ0) is 16.9. The summed E-state index contributed by atoms with van der Waals surface area (Å²) in [5, 5.41) is 2.82. The van der Waals surface area contributed by atoms with E-state index in [4.69, 9.17) is 4.74 Å². The maximum absolute atomic E-state index is 12.2. The normalized spacial score (nSPS) is 20.1. The van der Waals surface area contributed by atoms with Gasteiger partial charge in [0.25, 0.3) is 0 Å². The van der Waals surface area contributed by atoms with Crippen molar-refractivity contribution < 1.29 is 19.1 Å². The van der Waals surface area contributed by atoms with Crippen LogP contribution in [0.5, 0.6) is 0 Å². The fourth-order valence-corrected chi connectivity index (χ4v) is 2.21. The quantitative estimate of drug-likeness (QED) is 0.767. The van der Waals surface area contributed by atoms with E-state index >= 15 is 0 Å². The van der Waals surface area contributed by atoms with Gasteiger partial charge in [-0.1, -0.05) is 0 Å². The minimum atomic E-state index is -0.266. The lowest BCUT2D eigenvalue weighted by Gasteiger charge is -2.37. The molecule has 1 fully saturated rings. The Labute approximate surface area is 132 Å². The molecule has 1 aliphatic heterocycles. The van der Waals surface area contributed by atoms with Crippen LogP contribution in [0.15, 0.2) is 0 Å². The molecule has 0 aromatic carbocycles. The zero-order valence-corrected chi connectivity index (χ0v) is 14.1. The number of carbonyl (C=O) groups is 3. The van der Waals surface area contributed by atoms with E-state index in [-0.39, 0.29) is 49.1 Å². The Hall–Kier alpha value is -1.79. The van der Waals surface area contributed by atoms with Crippen molar-refractivity contribution >= 4 is 17.9 Å². The van der Waals surface area contributed by atoms with Crippen molar-refractivity contribution in [2.24, 2.45) is 0 Å². The van der Waals surface area contributed by atoms with E-state index in [1.54, 1.807) is 25.8 Å². The Balaban J connectivity index is 2.38. The van der Waals surface area contributed by atoms with Gasteiger partial charge in [0.05, 0.1) is 6.10 Å². The summed E-state index contributed by atoms with van der Waals surface area (Å²) in [6.07, 6.45) is 0.641. The smallest absolute Gasteiger partial charge is 0.318 e. The summed E-state index contributed by atoms with van der Waals surface area (Å²) in [6.45, 7) is 7.94. The molecular weight excluding hydrogens is 286 g/mol. The average Bonchev–Trinajstić information content (AvgIpc) is 2.41. The third-order valence-electron chi connectivity index (χ3n) is 3.67. The van der Waals surface area contributed by atoms with Crippen molar-refractivity contribution in [3.8, 4) is 0 Å². The molecule has 1 aliphatic rings. The monoisotopic (exact) mass is 313 g/mol. The molecule has 1 N–H and O–H groups in total. The molecule has 0 aliphatic carbocycles. The summed E-state index contributed by atoms with van der Waals surface area (Å²) in [5.74, 6) is -0.332. The highest BCUT2D eigenvalue weighted by Crippen LogP contribution is 2.09. The van der Waals surface area contributed by atoms with Crippen molar-refractivity contribution in [2.75, 3.05) is 20.1 Å². The van der Waals surface area contributed by atoms with Gasteiger partial charge in [-0.05, 0) is 34.1 Å². The van der Waals surface area contributed by atoms with Crippen LogP contribution in [0.2, 0.25) is 0 Å². The Bertz CT molecular complexity index is 425. The lowest BCUT2D eigenvalue weighted by molar-refractivity contribution is -0.147. The summed E-state index contributed by atoms with van der Waals surface area (Å²) in [7, 11) is 1.74. The predicted octanol–water partition coefficient (Wildman–Crippen LogP) is 0.979. The van der Waals surface area contributed by atoms with Crippen LogP contribution < -0.4 is 5.32 Å². The Kier molecular flexibility index (Phi) is 6.64. The van der Waals surface area contributed by atoms with E-state index in [1.165, 1.54) is 4.90 Å². The molecule has 7 nitrogen and oxygen atoms in total. The molecule has 0 radical (unpaired) electrons. The van der Waals surface area contributed by atoms with Crippen LogP contribution in [0.4, 0.5) is 4.79 Å². The molecule has 1 rings (SSSR count). The average molecular weight is 313 g/mol. The van der Waals surface area contributed by atoms with Gasteiger partial charge in [-0.2, -0.15) is 0 Å². The maximum atomic E-state index is 12.2. The van der Waals surface area contributed by atoms with E-state index in [9.17, 15) is 14.4 Å². The summed E-state index contributed by atoms with van der Waals surface area (Å²) >= 11 is 0. The third-order valence-corrected chi connectivity index (χ3v) is 3.67. The number of nitrogens with zero attached hydrogens (tertiary/aromatic N) is 2. The number of carbonyl (C=O) groups excluding carboxylic acids is 3. The fraction of sp³-hybridized carbons (Fsp3) is 0.800. The van der Waals surface area contributed by atoms with E-state index < -0.39 is 0 Å². The molecule has 0 aromatic heterocycles. The molecule has 0 bridgehead atoms. The first kappa shape index (κ1) is 18.3. The van der Waals surface area contributed by atoms with Gasteiger partial charge < -0.3 is 19.9 Å². The van der Waals surface area contributed by atoms with Gasteiger partial charge in [0.1, 0.15) is 6.54 Å². The van der Waals surface area contributed by atoms with Crippen molar-refractivity contribution in [3.63, 3.8) is 0 Å². The summed E-state index contributed by atoms with van der Waals surface area (Å²) in [4.78, 5) is 38.6. The minimum absolute atomic E-state index is 0.00308. The highest BCUT2D eigenvalue weighted by molar-refractivity contribution is 5.85. The zero-order valence-electron chi connectivity index (χ0n) is 14.1. The van der Waals surface area contributed by atoms with Crippen LogP contribution >= 0.6 is 0 Å². The van der Waals surface area contributed by atoms with Gasteiger partial charge in [-0.25, -0.2) is 4.79 Å². The number of hydrogen-bond acceptors (Lipinski definition) is 4. The van der Waals surface area contributed by atoms with Gasteiger partial charge in [0, 0.05) is 32.1 Å². The number of esters is 1. The number of rotatable bonds is 5. The van der Waals surface area contributed by atoms with Crippen molar-refractivity contribution in [1.82, 2.24) is 15.1 Å². The molecule has 0 aromatic rings. The summed E-state index contributed by atoms with van der Waals surface area (Å²) in [6, 6.07) is -0.418. The second-order valence-electron chi connectivity index (χ2n) is 6.16. The number of nitrogens with one attached hydrogen (secondary N) is 1. The minimum Gasteiger partial charge on any atom is -0.463 e. The van der Waals surface area contributed by atoms with Crippen molar-refractivity contribution in [2.45, 2.75) is 58.7 Å². The number of urea groups is 1. The van der Waals surface area contributed by atoms with Gasteiger partial charge >= 0.3 is 12.0 Å². The van der Waals surface area contributed by atoms with Crippen LogP contribution in [0.1, 0.15) is 40.5 Å². The molecule has 1 saturated heterocycles. The summed E-state index contributed by atoms with van der Waals surface area (Å²) in [5.41, 5.74) is 0. The Morgan fingerprint density at radius 3 is 2.55 bits per heavy atom. The van der Waals surface area contributed by atoms with Gasteiger partial charge in [0.15, 0.2) is 0 Å². The third kappa shape index (κ3) is 5.54. The first-order valence-corrected chi connectivity index (χ1v) is 7.71.